The minimum atomic E-state index is 0.717. The van der Waals surface area contributed by atoms with E-state index >= 15 is 0 Å². The average molecular weight is 279 g/mol. The number of nitriles is 1. The fraction of sp³-hybridized carbons (Fsp3) is 0. The maximum Gasteiger partial charge on any atom is 0.0998 e. The van der Waals surface area contributed by atoms with Crippen molar-refractivity contribution < 1.29 is 0 Å². The van der Waals surface area contributed by atoms with E-state index < -0.39 is 0 Å². The Bertz CT molecular complexity index is 1020. The predicted molar refractivity (Wildman–Crippen MR) is 91.6 cm³/mol. The van der Waals surface area contributed by atoms with Crippen molar-refractivity contribution in [3.05, 3.63) is 84.4 Å². The summed E-state index contributed by atoms with van der Waals surface area (Å²) in [5.74, 6) is 0. The number of rotatable bonds is 1. The lowest BCUT2D eigenvalue weighted by atomic mass is 9.92. The van der Waals surface area contributed by atoms with Crippen LogP contribution in [0.15, 0.2) is 78.9 Å². The molecule has 22 heavy (non-hydrogen) atoms. The summed E-state index contributed by atoms with van der Waals surface area (Å²) in [5.41, 5.74) is 2.82. The van der Waals surface area contributed by atoms with Crippen molar-refractivity contribution in [2.75, 3.05) is 0 Å². The zero-order valence-corrected chi connectivity index (χ0v) is 12.0. The molecule has 0 unspecified atom stereocenters. The molecule has 0 N–H and O–H groups in total. The zero-order chi connectivity index (χ0) is 14.9. The maximum atomic E-state index is 9.50. The average Bonchev–Trinajstić information content (AvgIpc) is 2.59. The first-order chi connectivity index (χ1) is 10.9. The van der Waals surface area contributed by atoms with Crippen molar-refractivity contribution in [1.29, 1.82) is 5.26 Å². The molecule has 0 bridgehead atoms. The highest BCUT2D eigenvalue weighted by Gasteiger charge is 2.10. The van der Waals surface area contributed by atoms with E-state index in [0.29, 0.717) is 5.56 Å². The van der Waals surface area contributed by atoms with Gasteiger partial charge in [0.15, 0.2) is 0 Å². The highest BCUT2D eigenvalue weighted by molar-refractivity contribution is 6.06. The largest absolute Gasteiger partial charge is 0.192 e. The summed E-state index contributed by atoms with van der Waals surface area (Å²) >= 11 is 0. The second kappa shape index (κ2) is 5.02. The van der Waals surface area contributed by atoms with Crippen LogP contribution < -0.4 is 0 Å². The van der Waals surface area contributed by atoms with E-state index in [4.69, 9.17) is 0 Å². The summed E-state index contributed by atoms with van der Waals surface area (Å²) in [6.07, 6.45) is 0. The van der Waals surface area contributed by atoms with Crippen molar-refractivity contribution in [3.8, 4) is 17.2 Å². The maximum absolute atomic E-state index is 9.50. The van der Waals surface area contributed by atoms with Crippen molar-refractivity contribution in [3.63, 3.8) is 0 Å². The van der Waals surface area contributed by atoms with Crippen LogP contribution in [0.1, 0.15) is 5.56 Å². The van der Waals surface area contributed by atoms with Crippen LogP contribution in [0.25, 0.3) is 32.7 Å². The summed E-state index contributed by atoms with van der Waals surface area (Å²) in [4.78, 5) is 0. The quantitative estimate of drug-likeness (QED) is 0.420. The van der Waals surface area contributed by atoms with E-state index in [1.807, 2.05) is 36.4 Å². The van der Waals surface area contributed by atoms with E-state index in [9.17, 15) is 5.26 Å². The van der Waals surface area contributed by atoms with Crippen molar-refractivity contribution in [2.24, 2.45) is 0 Å². The van der Waals surface area contributed by atoms with E-state index in [1.165, 1.54) is 10.8 Å². The van der Waals surface area contributed by atoms with Gasteiger partial charge >= 0.3 is 0 Å². The molecule has 4 rings (SSSR count). The Labute approximate surface area is 129 Å². The van der Waals surface area contributed by atoms with Crippen LogP contribution >= 0.6 is 0 Å². The second-order valence-electron chi connectivity index (χ2n) is 5.39. The van der Waals surface area contributed by atoms with Gasteiger partial charge in [-0.15, -0.1) is 0 Å². The second-order valence-corrected chi connectivity index (χ2v) is 5.39. The molecule has 0 atom stereocenters. The number of hydrogen-bond acceptors (Lipinski definition) is 1. The molecule has 0 fully saturated rings. The van der Waals surface area contributed by atoms with Crippen LogP contribution in [-0.2, 0) is 0 Å². The number of fused-ring (bicyclic) bond motifs is 2. The molecule has 1 heteroatoms. The SMILES string of the molecule is N#Cc1ccc2cc3ccccc3cc2c1-c1ccccc1. The normalized spacial score (nSPS) is 10.7. The fourth-order valence-corrected chi connectivity index (χ4v) is 3.02. The Morgan fingerprint density at radius 2 is 1.32 bits per heavy atom. The molecule has 1 nitrogen and oxygen atoms in total. The summed E-state index contributed by atoms with van der Waals surface area (Å²) in [6, 6.07) is 29.1. The van der Waals surface area contributed by atoms with Gasteiger partial charge < -0.3 is 0 Å². The van der Waals surface area contributed by atoms with Crippen LogP contribution in [0.2, 0.25) is 0 Å². The third-order valence-electron chi connectivity index (χ3n) is 4.07. The highest BCUT2D eigenvalue weighted by atomic mass is 14.3. The third kappa shape index (κ3) is 1.94. The van der Waals surface area contributed by atoms with Gasteiger partial charge in [0.1, 0.15) is 0 Å². The van der Waals surface area contributed by atoms with Crippen LogP contribution in [-0.4, -0.2) is 0 Å². The van der Waals surface area contributed by atoms with Crippen molar-refractivity contribution in [2.45, 2.75) is 0 Å². The van der Waals surface area contributed by atoms with Crippen LogP contribution in [0.3, 0.4) is 0 Å². The van der Waals surface area contributed by atoms with E-state index in [-0.39, 0.29) is 0 Å². The number of nitrogens with zero attached hydrogens (tertiary/aromatic N) is 1. The Morgan fingerprint density at radius 1 is 0.636 bits per heavy atom. The van der Waals surface area contributed by atoms with Crippen molar-refractivity contribution in [1.82, 2.24) is 0 Å². The lowest BCUT2D eigenvalue weighted by molar-refractivity contribution is 1.49. The van der Waals surface area contributed by atoms with Gasteiger partial charge in [0, 0.05) is 5.56 Å². The summed E-state index contributed by atoms with van der Waals surface area (Å²) < 4.78 is 0. The molecule has 0 aliphatic heterocycles. The molecule has 0 spiro atoms. The first kappa shape index (κ1) is 12.6. The number of hydrogen-bond donors (Lipinski definition) is 0. The first-order valence-corrected chi connectivity index (χ1v) is 7.28. The Kier molecular flexibility index (Phi) is 2.88. The van der Waals surface area contributed by atoms with Gasteiger partial charge in [-0.1, -0.05) is 60.7 Å². The summed E-state index contributed by atoms with van der Waals surface area (Å²) in [7, 11) is 0. The fourth-order valence-electron chi connectivity index (χ4n) is 3.02. The van der Waals surface area contributed by atoms with E-state index in [1.54, 1.807) is 0 Å². The molecule has 0 radical (unpaired) electrons. The van der Waals surface area contributed by atoms with Gasteiger partial charge in [-0.05, 0) is 45.3 Å². The molecule has 0 heterocycles. The molecular formula is C21H13N. The van der Waals surface area contributed by atoms with Crippen LogP contribution in [0, 0.1) is 11.3 Å². The van der Waals surface area contributed by atoms with Crippen LogP contribution in [0.5, 0.6) is 0 Å². The van der Waals surface area contributed by atoms with Gasteiger partial charge in [-0.3, -0.25) is 0 Å². The van der Waals surface area contributed by atoms with E-state index in [2.05, 4.69) is 48.5 Å². The predicted octanol–water partition coefficient (Wildman–Crippen LogP) is 5.53. The monoisotopic (exact) mass is 279 g/mol. The minimum absolute atomic E-state index is 0.717. The molecule has 0 saturated heterocycles. The molecule has 0 aliphatic carbocycles. The van der Waals surface area contributed by atoms with Gasteiger partial charge in [-0.25, -0.2) is 0 Å². The van der Waals surface area contributed by atoms with Crippen LogP contribution in [0.4, 0.5) is 0 Å². The lowest BCUT2D eigenvalue weighted by Crippen LogP contribution is -1.88. The first-order valence-electron chi connectivity index (χ1n) is 7.28. The Balaban J connectivity index is 2.16. The smallest absolute Gasteiger partial charge is 0.0998 e. The number of benzene rings is 4. The van der Waals surface area contributed by atoms with E-state index in [0.717, 1.165) is 21.9 Å². The third-order valence-corrected chi connectivity index (χ3v) is 4.07. The van der Waals surface area contributed by atoms with Gasteiger partial charge in [0.25, 0.3) is 0 Å². The highest BCUT2D eigenvalue weighted by Crippen LogP contribution is 2.34. The molecule has 102 valence electrons. The molecule has 4 aromatic rings. The zero-order valence-electron chi connectivity index (χ0n) is 12.0. The topological polar surface area (TPSA) is 23.8 Å². The summed E-state index contributed by atoms with van der Waals surface area (Å²) in [5, 5.41) is 14.2. The van der Waals surface area contributed by atoms with Gasteiger partial charge in [0.05, 0.1) is 11.6 Å². The molecule has 4 aromatic carbocycles. The molecule has 0 aromatic heterocycles. The standard InChI is InChI=1S/C21H13N/c22-14-19-11-10-18-12-16-8-4-5-9-17(16)13-20(18)21(19)15-6-2-1-3-7-15/h1-13H. The molecule has 0 amide bonds. The van der Waals surface area contributed by atoms with Gasteiger partial charge in [0.2, 0.25) is 0 Å². The van der Waals surface area contributed by atoms with Crippen molar-refractivity contribution >= 4 is 21.5 Å². The molecular weight excluding hydrogens is 266 g/mol. The lowest BCUT2D eigenvalue weighted by Gasteiger charge is -2.11. The van der Waals surface area contributed by atoms with Gasteiger partial charge in [-0.2, -0.15) is 5.26 Å². The molecule has 0 aliphatic rings. The summed E-state index contributed by atoms with van der Waals surface area (Å²) in [6.45, 7) is 0. The Morgan fingerprint density at radius 3 is 2.05 bits per heavy atom. The molecule has 0 saturated carbocycles. The minimum Gasteiger partial charge on any atom is -0.192 e. The Hall–Kier alpha value is -3.11.